The number of carbonyl (C=O) groups is 1. The Labute approximate surface area is 193 Å². The molecule has 0 bridgehead atoms. The zero-order valence-electron chi connectivity index (χ0n) is 18.4. The molecule has 0 atom stereocenters. The van der Waals surface area contributed by atoms with E-state index in [1.54, 1.807) is 30.5 Å². The highest BCUT2D eigenvalue weighted by atomic mass is 35.5. The van der Waals surface area contributed by atoms with E-state index in [4.69, 9.17) is 16.3 Å². The first-order chi connectivity index (χ1) is 15.5. The van der Waals surface area contributed by atoms with Gasteiger partial charge in [-0.1, -0.05) is 55.8 Å². The van der Waals surface area contributed by atoms with E-state index >= 15 is 0 Å². The number of hydrazone groups is 1. The number of fused-ring (bicyclic) bond motifs is 1. The lowest BCUT2D eigenvalue weighted by molar-refractivity contribution is 0.0972. The van der Waals surface area contributed by atoms with Crippen LogP contribution in [0.3, 0.4) is 0 Å². The van der Waals surface area contributed by atoms with Crippen molar-refractivity contribution in [2.75, 3.05) is 6.61 Å². The van der Waals surface area contributed by atoms with Crippen molar-refractivity contribution in [1.82, 2.24) is 15.7 Å². The highest BCUT2D eigenvalue weighted by molar-refractivity contribution is 6.30. The van der Waals surface area contributed by atoms with Gasteiger partial charge in [0.1, 0.15) is 11.4 Å². The van der Waals surface area contributed by atoms with Gasteiger partial charge in [0.15, 0.2) is 5.84 Å². The molecule has 1 heterocycles. The van der Waals surface area contributed by atoms with Crippen LogP contribution in [0.4, 0.5) is 0 Å². The summed E-state index contributed by atoms with van der Waals surface area (Å²) < 4.78 is 5.88. The van der Waals surface area contributed by atoms with Crippen LogP contribution in [0.15, 0.2) is 72.0 Å². The van der Waals surface area contributed by atoms with Crippen LogP contribution >= 0.6 is 11.6 Å². The number of pyridine rings is 1. The minimum absolute atomic E-state index is 0.320. The molecule has 1 amide bonds. The van der Waals surface area contributed by atoms with Crippen LogP contribution in [0.25, 0.3) is 10.8 Å². The molecule has 0 fully saturated rings. The van der Waals surface area contributed by atoms with Crippen molar-refractivity contribution < 1.29 is 9.53 Å². The van der Waals surface area contributed by atoms with E-state index in [1.165, 1.54) is 0 Å². The number of nitrogens with zero attached hydrogens (tertiary/aromatic N) is 2. The largest absolute Gasteiger partial charge is 0.493 e. The Morgan fingerprint density at radius 1 is 1.19 bits per heavy atom. The first kappa shape index (κ1) is 23.3. The van der Waals surface area contributed by atoms with Crippen molar-refractivity contribution in [3.8, 4) is 5.75 Å². The minimum atomic E-state index is -0.335. The molecule has 32 heavy (non-hydrogen) atoms. The van der Waals surface area contributed by atoms with Gasteiger partial charge in [0.25, 0.3) is 5.91 Å². The van der Waals surface area contributed by atoms with Gasteiger partial charge in [0, 0.05) is 22.2 Å². The molecule has 0 saturated carbocycles. The average Bonchev–Trinajstić information content (AvgIpc) is 2.78. The number of allylic oxidation sites excluding steroid dienone is 1. The van der Waals surface area contributed by atoms with Crippen molar-refractivity contribution >= 4 is 34.1 Å². The quantitative estimate of drug-likeness (QED) is 0.276. The third-order valence-corrected chi connectivity index (χ3v) is 4.73. The van der Waals surface area contributed by atoms with E-state index < -0.39 is 0 Å². The number of rotatable bonds is 8. The Kier molecular flexibility index (Phi) is 8.22. The fourth-order valence-corrected chi connectivity index (χ4v) is 3.14. The van der Waals surface area contributed by atoms with Crippen LogP contribution in [0.5, 0.6) is 5.75 Å². The first-order valence-electron chi connectivity index (χ1n) is 10.5. The number of hydrogen-bond acceptors (Lipinski definition) is 5. The summed E-state index contributed by atoms with van der Waals surface area (Å²) >= 11 is 6.15. The molecule has 0 spiro atoms. The van der Waals surface area contributed by atoms with Gasteiger partial charge in [-0.2, -0.15) is 5.10 Å². The van der Waals surface area contributed by atoms with E-state index in [0.717, 1.165) is 22.1 Å². The van der Waals surface area contributed by atoms with Gasteiger partial charge < -0.3 is 15.5 Å². The molecule has 166 valence electrons. The molecule has 2 aromatic carbocycles. The van der Waals surface area contributed by atoms with Crippen molar-refractivity contribution in [1.29, 1.82) is 0 Å². The molecular formula is C25H27ClN4O2. The number of amidine groups is 1. The van der Waals surface area contributed by atoms with E-state index in [1.807, 2.05) is 43.3 Å². The molecule has 3 aromatic rings. The average molecular weight is 451 g/mol. The summed E-state index contributed by atoms with van der Waals surface area (Å²) in [5.74, 6) is 1.20. The SMILES string of the molecule is C/C=C/C(=N\NCc1cc(Cl)ccc1OCC(C)C)NC(=O)c1cc2ccccc2cn1. The molecular weight excluding hydrogens is 424 g/mol. The van der Waals surface area contributed by atoms with E-state index in [9.17, 15) is 4.79 Å². The second-order valence-corrected chi connectivity index (χ2v) is 8.10. The van der Waals surface area contributed by atoms with Gasteiger partial charge in [-0.15, -0.1) is 0 Å². The molecule has 7 heteroatoms. The first-order valence-corrected chi connectivity index (χ1v) is 10.8. The zero-order valence-corrected chi connectivity index (χ0v) is 19.2. The molecule has 0 aliphatic heterocycles. The topological polar surface area (TPSA) is 75.6 Å². The van der Waals surface area contributed by atoms with Gasteiger partial charge in [0.05, 0.1) is 13.2 Å². The number of halogens is 1. The second-order valence-electron chi connectivity index (χ2n) is 7.66. The predicted molar refractivity (Wildman–Crippen MR) is 130 cm³/mol. The van der Waals surface area contributed by atoms with Gasteiger partial charge in [-0.25, -0.2) is 0 Å². The van der Waals surface area contributed by atoms with Gasteiger partial charge in [0.2, 0.25) is 0 Å². The number of carbonyl (C=O) groups excluding carboxylic acids is 1. The van der Waals surface area contributed by atoms with Crippen LogP contribution in [-0.2, 0) is 6.54 Å². The highest BCUT2D eigenvalue weighted by Crippen LogP contribution is 2.23. The molecule has 0 aliphatic rings. The van der Waals surface area contributed by atoms with Crippen molar-refractivity contribution in [2.24, 2.45) is 11.0 Å². The molecule has 1 aromatic heterocycles. The summed E-state index contributed by atoms with van der Waals surface area (Å²) in [4.78, 5) is 17.0. The summed E-state index contributed by atoms with van der Waals surface area (Å²) in [6.07, 6.45) is 5.19. The fourth-order valence-electron chi connectivity index (χ4n) is 2.95. The van der Waals surface area contributed by atoms with Crippen LogP contribution in [0.2, 0.25) is 5.02 Å². The normalized spacial score (nSPS) is 11.8. The molecule has 0 saturated heterocycles. The van der Waals surface area contributed by atoms with E-state index in [-0.39, 0.29) is 5.91 Å². The Bertz CT molecular complexity index is 1140. The fraction of sp³-hybridized carbons (Fsp3) is 0.240. The second kappa shape index (κ2) is 11.3. The summed E-state index contributed by atoms with van der Waals surface area (Å²) in [7, 11) is 0. The molecule has 0 unspecified atom stereocenters. The van der Waals surface area contributed by atoms with E-state index in [0.29, 0.717) is 35.6 Å². The van der Waals surface area contributed by atoms with Crippen LogP contribution in [0, 0.1) is 5.92 Å². The number of nitrogens with one attached hydrogen (secondary N) is 2. The summed E-state index contributed by atoms with van der Waals surface area (Å²) in [5, 5.41) is 9.66. The smallest absolute Gasteiger partial charge is 0.275 e. The van der Waals surface area contributed by atoms with Crippen LogP contribution in [-0.4, -0.2) is 23.3 Å². The van der Waals surface area contributed by atoms with Gasteiger partial charge in [-0.05, 0) is 48.6 Å². The minimum Gasteiger partial charge on any atom is -0.493 e. The lowest BCUT2D eigenvalue weighted by Gasteiger charge is -2.14. The van der Waals surface area contributed by atoms with E-state index in [2.05, 4.69) is 34.7 Å². The van der Waals surface area contributed by atoms with Crippen molar-refractivity contribution in [3.63, 3.8) is 0 Å². The zero-order chi connectivity index (χ0) is 22.9. The molecule has 3 rings (SSSR count). The molecule has 0 aliphatic carbocycles. The number of ether oxygens (including phenoxy) is 1. The lowest BCUT2D eigenvalue weighted by atomic mass is 10.1. The summed E-state index contributed by atoms with van der Waals surface area (Å²) in [5.41, 5.74) is 4.19. The third-order valence-electron chi connectivity index (χ3n) is 4.49. The summed E-state index contributed by atoms with van der Waals surface area (Å²) in [6.45, 7) is 7.03. The Hall–Kier alpha value is -3.38. The Morgan fingerprint density at radius 2 is 1.97 bits per heavy atom. The number of amides is 1. The predicted octanol–water partition coefficient (Wildman–Crippen LogP) is 5.33. The molecule has 2 N–H and O–H groups in total. The standard InChI is InChI=1S/C25H27ClN4O2/c1-4-7-24(29-25(31)22-13-18-8-5-6-9-19(18)14-27-22)30-28-15-20-12-21(26)10-11-23(20)32-16-17(2)3/h4-14,17,28H,15-16H2,1-3H3,(H,29,30,31)/b7-4+. The number of aromatic nitrogens is 1. The maximum absolute atomic E-state index is 12.7. The monoisotopic (exact) mass is 450 g/mol. The van der Waals surface area contributed by atoms with Crippen LogP contribution < -0.4 is 15.5 Å². The van der Waals surface area contributed by atoms with Gasteiger partial charge >= 0.3 is 0 Å². The lowest BCUT2D eigenvalue weighted by Crippen LogP contribution is -2.31. The Balaban J connectivity index is 1.70. The van der Waals surface area contributed by atoms with Crippen LogP contribution in [0.1, 0.15) is 36.8 Å². The molecule has 0 radical (unpaired) electrons. The molecule has 6 nitrogen and oxygen atoms in total. The third kappa shape index (κ3) is 6.56. The van der Waals surface area contributed by atoms with Crippen molar-refractivity contribution in [2.45, 2.75) is 27.3 Å². The number of benzene rings is 2. The maximum atomic E-state index is 12.7. The number of hydrogen-bond donors (Lipinski definition) is 2. The highest BCUT2D eigenvalue weighted by Gasteiger charge is 2.10. The van der Waals surface area contributed by atoms with Crippen molar-refractivity contribution in [3.05, 3.63) is 83.2 Å². The summed E-state index contributed by atoms with van der Waals surface area (Å²) in [6, 6.07) is 15.0. The van der Waals surface area contributed by atoms with Gasteiger partial charge in [-0.3, -0.25) is 9.78 Å². The maximum Gasteiger partial charge on any atom is 0.275 e. The Morgan fingerprint density at radius 3 is 2.72 bits per heavy atom.